The predicted molar refractivity (Wildman–Crippen MR) is 81.8 cm³/mol. The van der Waals surface area contributed by atoms with Gasteiger partial charge in [-0.15, -0.1) is 11.3 Å². The van der Waals surface area contributed by atoms with Crippen molar-refractivity contribution in [1.82, 2.24) is 15.3 Å². The number of nitrogens with two attached hydrogens (primary N) is 1. The number of carbonyl (C=O) groups excluding carboxylic acids is 1. The second-order valence-corrected chi connectivity index (χ2v) is 6.41. The summed E-state index contributed by atoms with van der Waals surface area (Å²) in [5.74, 6) is 1.79. The molecule has 2 heterocycles. The van der Waals surface area contributed by atoms with E-state index < -0.39 is 0 Å². The molecule has 19 heavy (non-hydrogen) atoms. The summed E-state index contributed by atoms with van der Waals surface area (Å²) in [6, 6.07) is 0.114. The van der Waals surface area contributed by atoms with Crippen molar-refractivity contribution >= 4 is 45.0 Å². The number of nitrogen functional groups attached to an aromatic ring is 1. The Labute approximate surface area is 120 Å². The Morgan fingerprint density at radius 1 is 1.53 bits per heavy atom. The van der Waals surface area contributed by atoms with Crippen molar-refractivity contribution in [3.8, 4) is 0 Å². The van der Waals surface area contributed by atoms with Crippen molar-refractivity contribution in [2.24, 2.45) is 0 Å². The summed E-state index contributed by atoms with van der Waals surface area (Å²) in [7, 11) is 0. The van der Waals surface area contributed by atoms with Crippen molar-refractivity contribution in [2.45, 2.75) is 19.9 Å². The molecule has 0 aliphatic carbocycles. The maximum atomic E-state index is 12.2. The van der Waals surface area contributed by atoms with Gasteiger partial charge in [0, 0.05) is 24.2 Å². The summed E-state index contributed by atoms with van der Waals surface area (Å²) in [6.45, 7) is 4.08. The quantitative estimate of drug-likeness (QED) is 0.883. The zero-order chi connectivity index (χ0) is 13.8. The maximum Gasteiger partial charge on any atom is 0.263 e. The smallest absolute Gasteiger partial charge is 0.263 e. The number of hydrogen-bond acceptors (Lipinski definition) is 6. The van der Waals surface area contributed by atoms with E-state index in [1.54, 1.807) is 24.2 Å². The van der Waals surface area contributed by atoms with Crippen LogP contribution in [0.25, 0.3) is 10.3 Å². The number of anilines is 1. The Kier molecular flexibility index (Phi) is 4.60. The van der Waals surface area contributed by atoms with E-state index in [0.29, 0.717) is 20.9 Å². The third kappa shape index (κ3) is 3.16. The number of nitrogens with one attached hydrogen (secondary N) is 1. The third-order valence-corrected chi connectivity index (χ3v) is 4.76. The molecule has 0 bridgehead atoms. The minimum atomic E-state index is -0.147. The molecule has 3 N–H and O–H groups in total. The topological polar surface area (TPSA) is 80.9 Å². The second kappa shape index (κ2) is 6.21. The van der Waals surface area contributed by atoms with Crippen molar-refractivity contribution in [3.05, 3.63) is 17.3 Å². The van der Waals surface area contributed by atoms with Gasteiger partial charge in [0.05, 0.1) is 5.69 Å². The summed E-state index contributed by atoms with van der Waals surface area (Å²) in [5.41, 5.74) is 6.98. The van der Waals surface area contributed by atoms with Crippen molar-refractivity contribution in [2.75, 3.05) is 17.2 Å². The van der Waals surface area contributed by atoms with Gasteiger partial charge in [-0.05, 0) is 12.7 Å². The molecule has 5 nitrogen and oxygen atoms in total. The molecular weight excluding hydrogens is 280 g/mol. The molecule has 2 aromatic rings. The van der Waals surface area contributed by atoms with E-state index >= 15 is 0 Å². The lowest BCUT2D eigenvalue weighted by atomic mass is 10.3. The van der Waals surface area contributed by atoms with Gasteiger partial charge in [0.2, 0.25) is 0 Å². The van der Waals surface area contributed by atoms with Crippen LogP contribution in [0.15, 0.2) is 12.4 Å². The summed E-state index contributed by atoms with van der Waals surface area (Å²) in [4.78, 5) is 21.7. The first-order chi connectivity index (χ1) is 9.13. The Morgan fingerprint density at radius 2 is 2.26 bits per heavy atom. The molecule has 0 aliphatic rings. The van der Waals surface area contributed by atoms with Crippen molar-refractivity contribution in [1.29, 1.82) is 0 Å². The molecule has 0 spiro atoms. The molecule has 0 saturated carbocycles. The number of hydrogen-bond donors (Lipinski definition) is 2. The second-order valence-electron chi connectivity index (χ2n) is 4.09. The van der Waals surface area contributed by atoms with E-state index in [4.69, 9.17) is 5.73 Å². The van der Waals surface area contributed by atoms with Crippen LogP contribution >= 0.6 is 23.1 Å². The average Bonchev–Trinajstić information content (AvgIpc) is 2.74. The number of rotatable bonds is 5. The van der Waals surface area contributed by atoms with Gasteiger partial charge in [-0.1, -0.05) is 6.92 Å². The van der Waals surface area contributed by atoms with Crippen LogP contribution in [0.4, 0.5) is 5.69 Å². The van der Waals surface area contributed by atoms with Crippen molar-refractivity contribution in [3.63, 3.8) is 0 Å². The molecule has 102 valence electrons. The highest BCUT2D eigenvalue weighted by Crippen LogP contribution is 2.30. The first kappa shape index (κ1) is 14.1. The summed E-state index contributed by atoms with van der Waals surface area (Å²) < 4.78 is 0. The normalized spacial score (nSPS) is 12.5. The van der Waals surface area contributed by atoms with Crippen LogP contribution in [-0.4, -0.2) is 33.4 Å². The SMILES string of the molecule is CCSCC(C)NC(=O)c1sc2nccnc2c1N. The average molecular weight is 296 g/mol. The van der Waals surface area contributed by atoms with Gasteiger partial charge in [-0.25, -0.2) is 9.97 Å². The van der Waals surface area contributed by atoms with Gasteiger partial charge in [0.1, 0.15) is 15.2 Å². The Hall–Kier alpha value is -1.34. The van der Waals surface area contributed by atoms with Crippen LogP contribution in [0.5, 0.6) is 0 Å². The number of aromatic nitrogens is 2. The van der Waals surface area contributed by atoms with Crippen LogP contribution in [0, 0.1) is 0 Å². The molecule has 7 heteroatoms. The molecule has 1 unspecified atom stereocenters. The zero-order valence-corrected chi connectivity index (χ0v) is 12.5. The molecule has 2 rings (SSSR count). The maximum absolute atomic E-state index is 12.2. The van der Waals surface area contributed by atoms with Crippen LogP contribution in [0.1, 0.15) is 23.5 Å². The van der Waals surface area contributed by atoms with Crippen LogP contribution in [-0.2, 0) is 0 Å². The van der Waals surface area contributed by atoms with Crippen molar-refractivity contribution < 1.29 is 4.79 Å². The summed E-state index contributed by atoms with van der Waals surface area (Å²) in [6.07, 6.45) is 3.17. The number of thioether (sulfide) groups is 1. The van der Waals surface area contributed by atoms with Gasteiger partial charge in [0.25, 0.3) is 5.91 Å². The lowest BCUT2D eigenvalue weighted by Gasteiger charge is -2.12. The lowest BCUT2D eigenvalue weighted by molar-refractivity contribution is 0.0948. The molecule has 0 radical (unpaired) electrons. The van der Waals surface area contributed by atoms with Crippen LogP contribution in [0.2, 0.25) is 0 Å². The van der Waals surface area contributed by atoms with Gasteiger partial charge in [0.15, 0.2) is 0 Å². The molecular formula is C12H16N4OS2. The summed E-state index contributed by atoms with van der Waals surface area (Å²) in [5, 5.41) is 2.95. The fraction of sp³-hybridized carbons (Fsp3) is 0.417. The van der Waals surface area contributed by atoms with Crippen LogP contribution in [0.3, 0.4) is 0 Å². The predicted octanol–water partition coefficient (Wildman–Crippen LogP) is 2.14. The minimum Gasteiger partial charge on any atom is -0.396 e. The number of nitrogens with zero attached hydrogens (tertiary/aromatic N) is 2. The lowest BCUT2D eigenvalue weighted by Crippen LogP contribution is -2.34. The Morgan fingerprint density at radius 3 is 2.95 bits per heavy atom. The monoisotopic (exact) mass is 296 g/mol. The fourth-order valence-electron chi connectivity index (χ4n) is 1.64. The number of fused-ring (bicyclic) bond motifs is 1. The Balaban J connectivity index is 2.15. The number of thiophene rings is 1. The highest BCUT2D eigenvalue weighted by molar-refractivity contribution is 7.99. The molecule has 0 aromatic carbocycles. The molecule has 2 aromatic heterocycles. The van der Waals surface area contributed by atoms with Crippen LogP contribution < -0.4 is 11.1 Å². The first-order valence-electron chi connectivity index (χ1n) is 6.01. The molecule has 1 amide bonds. The van der Waals surface area contributed by atoms with E-state index in [9.17, 15) is 4.79 Å². The van der Waals surface area contributed by atoms with Gasteiger partial charge in [-0.3, -0.25) is 4.79 Å². The van der Waals surface area contributed by atoms with E-state index in [0.717, 1.165) is 11.5 Å². The third-order valence-electron chi connectivity index (χ3n) is 2.52. The molecule has 0 fully saturated rings. The minimum absolute atomic E-state index is 0.114. The summed E-state index contributed by atoms with van der Waals surface area (Å²) >= 11 is 3.08. The zero-order valence-electron chi connectivity index (χ0n) is 10.8. The molecule has 0 saturated heterocycles. The molecule has 0 aliphatic heterocycles. The van der Waals surface area contributed by atoms with E-state index in [-0.39, 0.29) is 11.9 Å². The number of carbonyl (C=O) groups is 1. The molecule has 1 atom stereocenters. The highest BCUT2D eigenvalue weighted by Gasteiger charge is 2.19. The Bertz CT molecular complexity index is 584. The van der Waals surface area contributed by atoms with Gasteiger partial charge in [-0.2, -0.15) is 11.8 Å². The number of amides is 1. The fourth-order valence-corrected chi connectivity index (χ4v) is 3.24. The van der Waals surface area contributed by atoms with Gasteiger partial charge < -0.3 is 11.1 Å². The van der Waals surface area contributed by atoms with E-state index in [1.165, 1.54) is 11.3 Å². The van der Waals surface area contributed by atoms with Gasteiger partial charge >= 0.3 is 0 Å². The standard InChI is InChI=1S/C12H16N4OS2/c1-3-18-6-7(2)16-11(17)10-8(13)9-12(19-10)15-5-4-14-9/h4-5,7H,3,6,13H2,1-2H3,(H,16,17). The van der Waals surface area contributed by atoms with E-state index in [2.05, 4.69) is 22.2 Å². The highest BCUT2D eigenvalue weighted by atomic mass is 32.2. The van der Waals surface area contributed by atoms with E-state index in [1.807, 2.05) is 6.92 Å². The largest absolute Gasteiger partial charge is 0.396 e. The first-order valence-corrected chi connectivity index (χ1v) is 7.98.